The van der Waals surface area contributed by atoms with E-state index in [9.17, 15) is 9.59 Å². The summed E-state index contributed by atoms with van der Waals surface area (Å²) in [5.74, 6) is 0.262. The zero-order valence-corrected chi connectivity index (χ0v) is 11.7. The summed E-state index contributed by atoms with van der Waals surface area (Å²) in [6.07, 6.45) is 0.0940. The van der Waals surface area contributed by atoms with Crippen LogP contribution in [0.4, 0.5) is 0 Å². The number of fused-ring (bicyclic) bond motifs is 1. The van der Waals surface area contributed by atoms with Gasteiger partial charge in [-0.2, -0.15) is 0 Å². The normalized spacial score (nSPS) is 10.8. The molecule has 0 radical (unpaired) electrons. The lowest BCUT2D eigenvalue weighted by atomic mass is 10.1. The van der Waals surface area contributed by atoms with E-state index in [0.29, 0.717) is 22.3 Å². The van der Waals surface area contributed by atoms with Gasteiger partial charge in [0.15, 0.2) is 5.43 Å². The predicted molar refractivity (Wildman–Crippen MR) is 76.1 cm³/mol. The standard InChI is InChI=1S/C15H17NO4/c1-9(2)20-11-4-5-13-12(8-11)14(17)6-10(16-13)7-15(18)19-3/h4-6,8-9H,7H2,1-3H3,(H,16,17). The minimum atomic E-state index is -0.389. The first kappa shape index (κ1) is 14.1. The Morgan fingerprint density at radius 2 is 2.05 bits per heavy atom. The Bertz CT molecular complexity index is 688. The lowest BCUT2D eigenvalue weighted by Crippen LogP contribution is -2.11. The molecule has 2 rings (SSSR count). The molecule has 1 N–H and O–H groups in total. The molecule has 0 aliphatic heterocycles. The zero-order valence-electron chi connectivity index (χ0n) is 11.7. The van der Waals surface area contributed by atoms with E-state index in [1.54, 1.807) is 18.2 Å². The first-order valence-electron chi connectivity index (χ1n) is 6.39. The Balaban J connectivity index is 2.41. The predicted octanol–water partition coefficient (Wildman–Crippen LogP) is 2.03. The number of esters is 1. The summed E-state index contributed by atoms with van der Waals surface area (Å²) in [6.45, 7) is 3.85. The highest BCUT2D eigenvalue weighted by Crippen LogP contribution is 2.18. The maximum Gasteiger partial charge on any atom is 0.311 e. The topological polar surface area (TPSA) is 68.4 Å². The minimum Gasteiger partial charge on any atom is -0.491 e. The van der Waals surface area contributed by atoms with Gasteiger partial charge in [-0.1, -0.05) is 0 Å². The van der Waals surface area contributed by atoms with Crippen molar-refractivity contribution in [3.05, 3.63) is 40.2 Å². The van der Waals surface area contributed by atoms with Crippen molar-refractivity contribution < 1.29 is 14.3 Å². The van der Waals surface area contributed by atoms with E-state index in [2.05, 4.69) is 9.72 Å². The summed E-state index contributed by atoms with van der Waals surface area (Å²) in [6, 6.07) is 6.68. The minimum absolute atomic E-state index is 0.0464. The molecule has 0 amide bonds. The van der Waals surface area contributed by atoms with E-state index in [-0.39, 0.29) is 23.9 Å². The average molecular weight is 275 g/mol. The third kappa shape index (κ3) is 3.17. The van der Waals surface area contributed by atoms with E-state index in [1.165, 1.54) is 13.2 Å². The van der Waals surface area contributed by atoms with E-state index >= 15 is 0 Å². The molecular weight excluding hydrogens is 258 g/mol. The number of ether oxygens (including phenoxy) is 2. The molecule has 0 aliphatic carbocycles. The molecule has 2 aromatic rings. The Labute approximate surface area is 116 Å². The molecule has 0 atom stereocenters. The first-order chi connectivity index (χ1) is 9.49. The summed E-state index contributed by atoms with van der Waals surface area (Å²) in [7, 11) is 1.32. The molecule has 0 aliphatic rings. The van der Waals surface area contributed by atoms with Gasteiger partial charge >= 0.3 is 5.97 Å². The Kier molecular flexibility index (Phi) is 4.08. The number of pyridine rings is 1. The highest BCUT2D eigenvalue weighted by molar-refractivity contribution is 5.81. The Morgan fingerprint density at radius 3 is 2.70 bits per heavy atom. The van der Waals surface area contributed by atoms with E-state index < -0.39 is 0 Å². The molecule has 1 heterocycles. The van der Waals surface area contributed by atoms with Crippen LogP contribution in [0.2, 0.25) is 0 Å². The summed E-state index contributed by atoms with van der Waals surface area (Å²) < 4.78 is 10.2. The highest BCUT2D eigenvalue weighted by atomic mass is 16.5. The van der Waals surface area contributed by atoms with Gasteiger partial charge in [-0.15, -0.1) is 0 Å². The molecule has 5 heteroatoms. The molecule has 20 heavy (non-hydrogen) atoms. The van der Waals surface area contributed by atoms with Crippen molar-refractivity contribution in [2.45, 2.75) is 26.4 Å². The van der Waals surface area contributed by atoms with Crippen molar-refractivity contribution in [1.82, 2.24) is 4.98 Å². The second-order valence-electron chi connectivity index (χ2n) is 4.79. The molecular formula is C15H17NO4. The van der Waals surface area contributed by atoms with Crippen molar-refractivity contribution >= 4 is 16.9 Å². The lowest BCUT2D eigenvalue weighted by Gasteiger charge is -2.10. The highest BCUT2D eigenvalue weighted by Gasteiger charge is 2.08. The molecule has 0 bridgehead atoms. The van der Waals surface area contributed by atoms with Crippen LogP contribution in [-0.4, -0.2) is 24.2 Å². The monoisotopic (exact) mass is 275 g/mol. The van der Waals surface area contributed by atoms with Gasteiger partial charge in [-0.05, 0) is 32.0 Å². The largest absolute Gasteiger partial charge is 0.491 e. The lowest BCUT2D eigenvalue weighted by molar-refractivity contribution is -0.139. The third-order valence-electron chi connectivity index (χ3n) is 2.79. The van der Waals surface area contributed by atoms with Crippen LogP contribution in [-0.2, 0) is 16.0 Å². The number of carbonyl (C=O) groups excluding carboxylic acids is 1. The number of benzene rings is 1. The number of aromatic amines is 1. The summed E-state index contributed by atoms with van der Waals surface area (Å²) in [4.78, 5) is 26.4. The number of nitrogens with one attached hydrogen (secondary N) is 1. The fourth-order valence-electron chi connectivity index (χ4n) is 1.95. The van der Waals surface area contributed by atoms with Crippen LogP contribution in [0.25, 0.3) is 10.9 Å². The second kappa shape index (κ2) is 5.77. The smallest absolute Gasteiger partial charge is 0.311 e. The number of hydrogen-bond acceptors (Lipinski definition) is 4. The van der Waals surface area contributed by atoms with Gasteiger partial charge < -0.3 is 14.5 Å². The zero-order chi connectivity index (χ0) is 14.7. The molecule has 0 saturated carbocycles. The van der Waals surface area contributed by atoms with Gasteiger partial charge in [0.1, 0.15) is 5.75 Å². The van der Waals surface area contributed by atoms with Gasteiger partial charge in [0, 0.05) is 22.7 Å². The van der Waals surface area contributed by atoms with Crippen molar-refractivity contribution in [3.63, 3.8) is 0 Å². The number of methoxy groups -OCH3 is 1. The molecule has 0 saturated heterocycles. The fraction of sp³-hybridized carbons (Fsp3) is 0.333. The fourth-order valence-corrected chi connectivity index (χ4v) is 1.95. The Morgan fingerprint density at radius 1 is 1.30 bits per heavy atom. The van der Waals surface area contributed by atoms with Crippen LogP contribution in [0.15, 0.2) is 29.1 Å². The van der Waals surface area contributed by atoms with Gasteiger partial charge in [0.2, 0.25) is 0 Å². The van der Waals surface area contributed by atoms with Gasteiger partial charge in [0.05, 0.1) is 19.6 Å². The number of rotatable bonds is 4. The second-order valence-corrected chi connectivity index (χ2v) is 4.79. The van der Waals surface area contributed by atoms with Crippen molar-refractivity contribution in [1.29, 1.82) is 0 Å². The molecule has 106 valence electrons. The van der Waals surface area contributed by atoms with Crippen LogP contribution < -0.4 is 10.2 Å². The maximum atomic E-state index is 12.1. The van der Waals surface area contributed by atoms with Crippen LogP contribution in [0.1, 0.15) is 19.5 Å². The number of carbonyl (C=O) groups is 1. The van der Waals surface area contributed by atoms with Crippen LogP contribution >= 0.6 is 0 Å². The van der Waals surface area contributed by atoms with Crippen molar-refractivity contribution in [2.75, 3.05) is 7.11 Å². The van der Waals surface area contributed by atoms with Crippen LogP contribution in [0.5, 0.6) is 5.75 Å². The summed E-state index contributed by atoms with van der Waals surface area (Å²) in [5.41, 5.74) is 1.06. The van der Waals surface area contributed by atoms with E-state index in [0.717, 1.165) is 0 Å². The van der Waals surface area contributed by atoms with Gasteiger partial charge in [-0.25, -0.2) is 0 Å². The van der Waals surface area contributed by atoms with Gasteiger partial charge in [-0.3, -0.25) is 9.59 Å². The summed E-state index contributed by atoms with van der Waals surface area (Å²) >= 11 is 0. The quantitative estimate of drug-likeness (QED) is 0.867. The molecule has 1 aromatic carbocycles. The SMILES string of the molecule is COC(=O)Cc1cc(=O)c2cc(OC(C)C)ccc2[nH]1. The molecule has 0 unspecified atom stereocenters. The molecule has 5 nitrogen and oxygen atoms in total. The first-order valence-corrected chi connectivity index (χ1v) is 6.39. The van der Waals surface area contributed by atoms with Crippen LogP contribution in [0, 0.1) is 0 Å². The van der Waals surface area contributed by atoms with E-state index in [4.69, 9.17) is 4.74 Å². The van der Waals surface area contributed by atoms with Crippen LogP contribution in [0.3, 0.4) is 0 Å². The average Bonchev–Trinajstić information content (AvgIpc) is 2.38. The van der Waals surface area contributed by atoms with E-state index in [1.807, 2.05) is 13.8 Å². The molecule has 1 aromatic heterocycles. The number of H-pyrrole nitrogens is 1. The summed E-state index contributed by atoms with van der Waals surface area (Å²) in [5, 5.41) is 0.539. The number of aromatic nitrogens is 1. The molecule has 0 spiro atoms. The van der Waals surface area contributed by atoms with Crippen molar-refractivity contribution in [3.8, 4) is 5.75 Å². The van der Waals surface area contributed by atoms with Crippen molar-refractivity contribution in [2.24, 2.45) is 0 Å². The Hall–Kier alpha value is -2.30. The maximum absolute atomic E-state index is 12.1. The van der Waals surface area contributed by atoms with Gasteiger partial charge in [0.25, 0.3) is 0 Å². The number of hydrogen-bond donors (Lipinski definition) is 1. The molecule has 0 fully saturated rings. The third-order valence-corrected chi connectivity index (χ3v) is 2.79.